The van der Waals surface area contributed by atoms with Gasteiger partial charge >= 0.3 is 5.92 Å². The highest BCUT2D eigenvalue weighted by atomic mass is 79.9. The number of alkyl halides is 2. The Morgan fingerprint density at radius 1 is 1.09 bits per heavy atom. The lowest BCUT2D eigenvalue weighted by molar-refractivity contribution is -0.161. The molecular weight excluding hydrogens is 354 g/mol. The third-order valence-electron chi connectivity index (χ3n) is 3.38. The van der Waals surface area contributed by atoms with E-state index in [4.69, 9.17) is 0 Å². The van der Waals surface area contributed by atoms with E-state index in [2.05, 4.69) is 15.9 Å². The number of Topliss-reactive ketones (excluding diaryl/α,β-unsaturated/α-hetero) is 1. The number of benzene rings is 2. The Hall–Kier alpha value is -1.59. The molecule has 0 aliphatic rings. The van der Waals surface area contributed by atoms with Gasteiger partial charge in [0.1, 0.15) is 6.10 Å². The van der Waals surface area contributed by atoms with Crippen LogP contribution in [-0.4, -0.2) is 16.8 Å². The van der Waals surface area contributed by atoms with E-state index in [-0.39, 0.29) is 18.4 Å². The second-order valence-electron chi connectivity index (χ2n) is 4.99. The largest absolute Gasteiger partial charge is 0.382 e. The van der Waals surface area contributed by atoms with E-state index in [0.29, 0.717) is 4.47 Å². The van der Waals surface area contributed by atoms with Gasteiger partial charge in [0, 0.05) is 10.9 Å². The molecule has 2 nitrogen and oxygen atoms in total. The first-order chi connectivity index (χ1) is 10.4. The number of hydrogen-bond acceptors (Lipinski definition) is 2. The second kappa shape index (κ2) is 7.11. The molecule has 1 atom stereocenters. The number of hydrogen-bond donors (Lipinski definition) is 1. The first-order valence-corrected chi connectivity index (χ1v) is 7.59. The van der Waals surface area contributed by atoms with Crippen molar-refractivity contribution in [1.82, 2.24) is 0 Å². The number of aryl methyl sites for hydroxylation is 1. The van der Waals surface area contributed by atoms with Crippen molar-refractivity contribution in [3.8, 4) is 0 Å². The van der Waals surface area contributed by atoms with Crippen molar-refractivity contribution in [2.75, 3.05) is 0 Å². The summed E-state index contributed by atoms with van der Waals surface area (Å²) in [5, 5.41) is 9.82. The van der Waals surface area contributed by atoms with Crippen LogP contribution in [0, 0.1) is 0 Å². The molecule has 0 amide bonds. The summed E-state index contributed by atoms with van der Waals surface area (Å²) in [6, 6.07) is 14.8. The van der Waals surface area contributed by atoms with E-state index in [0.717, 1.165) is 5.56 Å². The van der Waals surface area contributed by atoms with Crippen LogP contribution in [0.3, 0.4) is 0 Å². The van der Waals surface area contributed by atoms with Crippen LogP contribution in [0.5, 0.6) is 0 Å². The highest BCUT2D eigenvalue weighted by molar-refractivity contribution is 9.10. The number of aliphatic hydroxyl groups excluding tert-OH is 1. The average Bonchev–Trinajstić information content (AvgIpc) is 2.53. The van der Waals surface area contributed by atoms with Gasteiger partial charge in [0.2, 0.25) is 5.78 Å². The van der Waals surface area contributed by atoms with Gasteiger partial charge in [-0.15, -0.1) is 0 Å². The van der Waals surface area contributed by atoms with Gasteiger partial charge in [-0.05, 0) is 29.7 Å². The number of ketones is 1. The standard InChI is InChI=1S/C17H15BrF2O2/c18-14-9-7-13(8-10-14)16(22)17(19,20)15(21)11-6-12-4-2-1-3-5-12/h1-5,7-10,16,22H,6,11H2. The van der Waals surface area contributed by atoms with Gasteiger partial charge in [0.15, 0.2) is 0 Å². The van der Waals surface area contributed by atoms with Crippen molar-refractivity contribution in [2.45, 2.75) is 24.9 Å². The molecule has 0 saturated heterocycles. The number of halogens is 3. The predicted molar refractivity (Wildman–Crippen MR) is 83.8 cm³/mol. The normalized spacial score (nSPS) is 12.9. The van der Waals surface area contributed by atoms with Crippen LogP contribution in [0.1, 0.15) is 23.7 Å². The molecule has 0 aliphatic heterocycles. The van der Waals surface area contributed by atoms with Gasteiger partial charge < -0.3 is 5.11 Å². The van der Waals surface area contributed by atoms with Crippen LogP contribution in [-0.2, 0) is 11.2 Å². The molecule has 22 heavy (non-hydrogen) atoms. The molecular formula is C17H15BrF2O2. The molecule has 0 saturated carbocycles. The Bertz CT molecular complexity index is 627. The van der Waals surface area contributed by atoms with Gasteiger partial charge in [0.05, 0.1) is 0 Å². The fraction of sp³-hybridized carbons (Fsp3) is 0.235. The van der Waals surface area contributed by atoms with Crippen LogP contribution in [0.2, 0.25) is 0 Å². The summed E-state index contributed by atoms with van der Waals surface area (Å²) in [5.74, 6) is -5.06. The zero-order valence-electron chi connectivity index (χ0n) is 11.7. The minimum atomic E-state index is -3.80. The number of carbonyl (C=O) groups excluding carboxylic acids is 1. The minimum absolute atomic E-state index is 0.0151. The van der Waals surface area contributed by atoms with Crippen LogP contribution in [0.15, 0.2) is 59.1 Å². The quantitative estimate of drug-likeness (QED) is 0.824. The summed E-state index contributed by atoms with van der Waals surface area (Å²) in [7, 11) is 0. The first kappa shape index (κ1) is 16.8. The molecule has 1 unspecified atom stereocenters. The van der Waals surface area contributed by atoms with Crippen molar-refractivity contribution in [3.63, 3.8) is 0 Å². The summed E-state index contributed by atoms with van der Waals surface area (Å²) in [6.07, 6.45) is -2.23. The molecule has 2 aromatic carbocycles. The lowest BCUT2D eigenvalue weighted by atomic mass is 9.96. The molecule has 2 aromatic rings. The number of aliphatic hydroxyl groups is 1. The molecule has 0 spiro atoms. The number of rotatable bonds is 6. The topological polar surface area (TPSA) is 37.3 Å². The highest BCUT2D eigenvalue weighted by Crippen LogP contribution is 2.33. The zero-order chi connectivity index (χ0) is 16.2. The van der Waals surface area contributed by atoms with Gasteiger partial charge in [-0.2, -0.15) is 8.78 Å². The van der Waals surface area contributed by atoms with Crippen molar-refractivity contribution < 1.29 is 18.7 Å². The Kier molecular flexibility index (Phi) is 5.42. The average molecular weight is 369 g/mol. The lowest BCUT2D eigenvalue weighted by Gasteiger charge is -2.21. The van der Waals surface area contributed by atoms with Gasteiger partial charge in [-0.1, -0.05) is 58.4 Å². The Morgan fingerprint density at radius 2 is 1.68 bits per heavy atom. The lowest BCUT2D eigenvalue weighted by Crippen LogP contribution is -2.36. The van der Waals surface area contributed by atoms with E-state index >= 15 is 0 Å². The summed E-state index contributed by atoms with van der Waals surface area (Å²) >= 11 is 3.19. The summed E-state index contributed by atoms with van der Waals surface area (Å²) in [4.78, 5) is 11.8. The Labute approximate surface area is 135 Å². The molecule has 0 radical (unpaired) electrons. The maximum absolute atomic E-state index is 14.1. The molecule has 5 heteroatoms. The summed E-state index contributed by atoms with van der Waals surface area (Å²) in [5.41, 5.74) is 0.825. The summed E-state index contributed by atoms with van der Waals surface area (Å²) < 4.78 is 28.9. The molecule has 1 N–H and O–H groups in total. The van der Waals surface area contributed by atoms with E-state index in [9.17, 15) is 18.7 Å². The fourth-order valence-corrected chi connectivity index (χ4v) is 2.34. The van der Waals surface area contributed by atoms with Crippen molar-refractivity contribution in [2.24, 2.45) is 0 Å². The summed E-state index contributed by atoms with van der Waals surface area (Å²) in [6.45, 7) is 0. The van der Waals surface area contributed by atoms with Gasteiger partial charge in [-0.3, -0.25) is 4.79 Å². The minimum Gasteiger partial charge on any atom is -0.382 e. The molecule has 0 aromatic heterocycles. The third kappa shape index (κ3) is 3.99. The van der Waals surface area contributed by atoms with Crippen LogP contribution >= 0.6 is 15.9 Å². The van der Waals surface area contributed by atoms with E-state index in [1.807, 2.05) is 6.07 Å². The van der Waals surface area contributed by atoms with Crippen LogP contribution < -0.4 is 0 Å². The molecule has 2 rings (SSSR count). The Balaban J connectivity index is 2.04. The third-order valence-corrected chi connectivity index (χ3v) is 3.91. The van der Waals surface area contributed by atoms with Gasteiger partial charge in [-0.25, -0.2) is 0 Å². The van der Waals surface area contributed by atoms with Gasteiger partial charge in [0.25, 0.3) is 0 Å². The molecule has 116 valence electrons. The van der Waals surface area contributed by atoms with E-state index in [1.54, 1.807) is 36.4 Å². The van der Waals surface area contributed by atoms with Crippen LogP contribution in [0.4, 0.5) is 8.78 Å². The SMILES string of the molecule is O=C(CCc1ccccc1)C(F)(F)C(O)c1ccc(Br)cc1. The number of carbonyl (C=O) groups is 1. The van der Waals surface area contributed by atoms with E-state index in [1.165, 1.54) is 12.1 Å². The smallest absolute Gasteiger partial charge is 0.334 e. The van der Waals surface area contributed by atoms with Crippen molar-refractivity contribution in [1.29, 1.82) is 0 Å². The first-order valence-electron chi connectivity index (χ1n) is 6.80. The Morgan fingerprint density at radius 3 is 2.27 bits per heavy atom. The molecule has 0 heterocycles. The zero-order valence-corrected chi connectivity index (χ0v) is 13.3. The predicted octanol–water partition coefficient (Wildman–Crippen LogP) is 4.32. The fourth-order valence-electron chi connectivity index (χ4n) is 2.08. The molecule has 0 fully saturated rings. The van der Waals surface area contributed by atoms with Crippen molar-refractivity contribution in [3.05, 3.63) is 70.2 Å². The molecule has 0 aliphatic carbocycles. The van der Waals surface area contributed by atoms with E-state index < -0.39 is 17.8 Å². The molecule has 0 bridgehead atoms. The maximum Gasteiger partial charge on any atom is 0.334 e. The van der Waals surface area contributed by atoms with Crippen LogP contribution in [0.25, 0.3) is 0 Å². The maximum atomic E-state index is 14.1. The highest BCUT2D eigenvalue weighted by Gasteiger charge is 2.46. The van der Waals surface area contributed by atoms with Crippen molar-refractivity contribution >= 4 is 21.7 Å². The second-order valence-corrected chi connectivity index (χ2v) is 5.90. The monoisotopic (exact) mass is 368 g/mol.